The van der Waals surface area contributed by atoms with E-state index in [1.165, 1.54) is 5.56 Å². The van der Waals surface area contributed by atoms with Gasteiger partial charge in [0.1, 0.15) is 0 Å². The third kappa shape index (κ3) is 7.25. The van der Waals surface area contributed by atoms with Gasteiger partial charge < -0.3 is 10.6 Å². The van der Waals surface area contributed by atoms with Crippen molar-refractivity contribution in [3.8, 4) is 0 Å². The Kier molecular flexibility index (Phi) is 7.62. The van der Waals surface area contributed by atoms with Crippen molar-refractivity contribution in [2.75, 3.05) is 19.3 Å². The zero-order chi connectivity index (χ0) is 18.8. The van der Waals surface area contributed by atoms with Crippen molar-refractivity contribution in [3.05, 3.63) is 71.3 Å². The Morgan fingerprint density at radius 1 is 0.962 bits per heavy atom. The van der Waals surface area contributed by atoms with E-state index in [1.807, 2.05) is 55.5 Å². The van der Waals surface area contributed by atoms with Gasteiger partial charge in [-0.1, -0.05) is 60.2 Å². The fraction of sp³-hybridized carbons (Fsp3) is 0.316. The van der Waals surface area contributed by atoms with Gasteiger partial charge in [-0.2, -0.15) is 0 Å². The predicted molar refractivity (Wildman–Crippen MR) is 106 cm³/mol. The quantitative estimate of drug-likeness (QED) is 0.486. The molecule has 0 radical (unpaired) electrons. The van der Waals surface area contributed by atoms with Crippen LogP contribution in [0.2, 0.25) is 0 Å². The summed E-state index contributed by atoms with van der Waals surface area (Å²) in [6.45, 7) is 3.24. The first-order valence-electron chi connectivity index (χ1n) is 8.50. The molecule has 2 aromatic carbocycles. The Morgan fingerprint density at radius 2 is 1.69 bits per heavy atom. The molecule has 3 N–H and O–H groups in total. The van der Waals surface area contributed by atoms with Crippen molar-refractivity contribution >= 4 is 16.0 Å². The summed E-state index contributed by atoms with van der Waals surface area (Å²) < 4.78 is 26.8. The first-order valence-corrected chi connectivity index (χ1v) is 10.1. The molecule has 7 heteroatoms. The standard InChI is InChI=1S/C19H26N4O2S/c1-16-7-6-10-18(13-16)14-22-19(20-2)21-11-12-26(24,25)23-15-17-8-4-3-5-9-17/h3-10,13,23H,11-12,14-15H2,1-2H3,(H2,20,21,22). The number of aryl methyl sites for hydroxylation is 1. The lowest BCUT2D eigenvalue weighted by Gasteiger charge is -2.13. The molecule has 0 atom stereocenters. The van der Waals surface area contributed by atoms with Gasteiger partial charge in [-0.15, -0.1) is 0 Å². The summed E-state index contributed by atoms with van der Waals surface area (Å²) in [6.07, 6.45) is 0. The molecule has 26 heavy (non-hydrogen) atoms. The summed E-state index contributed by atoms with van der Waals surface area (Å²) >= 11 is 0. The van der Waals surface area contributed by atoms with Crippen LogP contribution in [-0.4, -0.2) is 33.7 Å². The third-order valence-electron chi connectivity index (χ3n) is 3.77. The van der Waals surface area contributed by atoms with Crippen LogP contribution in [0.15, 0.2) is 59.6 Å². The van der Waals surface area contributed by atoms with Crippen molar-refractivity contribution in [2.24, 2.45) is 4.99 Å². The van der Waals surface area contributed by atoms with Gasteiger partial charge in [0.25, 0.3) is 0 Å². The number of hydrogen-bond donors (Lipinski definition) is 3. The zero-order valence-corrected chi connectivity index (χ0v) is 16.0. The summed E-state index contributed by atoms with van der Waals surface area (Å²) in [5.74, 6) is 0.551. The summed E-state index contributed by atoms with van der Waals surface area (Å²) in [4.78, 5) is 4.12. The fourth-order valence-corrected chi connectivity index (χ4v) is 3.30. The number of rotatable bonds is 8. The highest BCUT2D eigenvalue weighted by atomic mass is 32.2. The van der Waals surface area contributed by atoms with Crippen LogP contribution in [0.4, 0.5) is 0 Å². The molecule has 0 saturated carbocycles. The molecule has 140 valence electrons. The second-order valence-electron chi connectivity index (χ2n) is 5.97. The average Bonchev–Trinajstić information content (AvgIpc) is 2.64. The maximum absolute atomic E-state index is 12.1. The van der Waals surface area contributed by atoms with Gasteiger partial charge in [0, 0.05) is 26.7 Å². The Bertz CT molecular complexity index is 820. The predicted octanol–water partition coefficient (Wildman–Crippen LogP) is 1.78. The Labute approximate surface area is 155 Å². The molecule has 0 unspecified atom stereocenters. The van der Waals surface area contributed by atoms with Gasteiger partial charge in [-0.3, -0.25) is 4.99 Å². The molecule has 0 aliphatic heterocycles. The van der Waals surface area contributed by atoms with Crippen LogP contribution in [0.3, 0.4) is 0 Å². The molecule has 0 bridgehead atoms. The summed E-state index contributed by atoms with van der Waals surface area (Å²) in [6, 6.07) is 17.6. The smallest absolute Gasteiger partial charge is 0.213 e. The lowest BCUT2D eigenvalue weighted by atomic mass is 10.1. The van der Waals surface area contributed by atoms with Crippen LogP contribution in [0, 0.1) is 6.92 Å². The number of benzene rings is 2. The number of nitrogens with one attached hydrogen (secondary N) is 3. The largest absolute Gasteiger partial charge is 0.355 e. The monoisotopic (exact) mass is 374 g/mol. The average molecular weight is 375 g/mol. The molecule has 0 saturated heterocycles. The van der Waals surface area contributed by atoms with Crippen molar-refractivity contribution in [2.45, 2.75) is 20.0 Å². The maximum Gasteiger partial charge on any atom is 0.213 e. The van der Waals surface area contributed by atoms with Crippen LogP contribution in [-0.2, 0) is 23.1 Å². The molecule has 0 amide bonds. The van der Waals surface area contributed by atoms with E-state index in [0.717, 1.165) is 11.1 Å². The van der Waals surface area contributed by atoms with E-state index in [-0.39, 0.29) is 12.3 Å². The van der Waals surface area contributed by atoms with Crippen molar-refractivity contribution in [1.29, 1.82) is 0 Å². The van der Waals surface area contributed by atoms with Crippen molar-refractivity contribution < 1.29 is 8.42 Å². The topological polar surface area (TPSA) is 82.6 Å². The molecule has 0 aliphatic carbocycles. The molecular formula is C19H26N4O2S. The van der Waals surface area contributed by atoms with E-state index >= 15 is 0 Å². The highest BCUT2D eigenvalue weighted by Crippen LogP contribution is 2.03. The van der Waals surface area contributed by atoms with Crippen LogP contribution < -0.4 is 15.4 Å². The summed E-state index contributed by atoms with van der Waals surface area (Å²) in [5, 5.41) is 6.21. The zero-order valence-electron chi connectivity index (χ0n) is 15.2. The minimum atomic E-state index is -3.35. The molecular weight excluding hydrogens is 348 g/mol. The Hall–Kier alpha value is -2.38. The van der Waals surface area contributed by atoms with Crippen LogP contribution in [0.5, 0.6) is 0 Å². The first-order chi connectivity index (χ1) is 12.5. The van der Waals surface area contributed by atoms with E-state index in [9.17, 15) is 8.42 Å². The highest BCUT2D eigenvalue weighted by molar-refractivity contribution is 7.89. The molecule has 2 aromatic rings. The van der Waals surface area contributed by atoms with E-state index in [1.54, 1.807) is 7.05 Å². The van der Waals surface area contributed by atoms with Crippen molar-refractivity contribution in [1.82, 2.24) is 15.4 Å². The number of sulfonamides is 1. The normalized spacial score (nSPS) is 12.0. The van der Waals surface area contributed by atoms with Crippen molar-refractivity contribution in [3.63, 3.8) is 0 Å². The van der Waals surface area contributed by atoms with E-state index in [2.05, 4.69) is 26.4 Å². The minimum absolute atomic E-state index is 0.0228. The lowest BCUT2D eigenvalue weighted by molar-refractivity contribution is 0.580. The minimum Gasteiger partial charge on any atom is -0.355 e. The number of aliphatic imine (C=N–C) groups is 1. The third-order valence-corrected chi connectivity index (χ3v) is 5.09. The van der Waals surface area contributed by atoms with E-state index < -0.39 is 10.0 Å². The molecule has 0 spiro atoms. The van der Waals surface area contributed by atoms with Gasteiger partial charge in [-0.25, -0.2) is 13.1 Å². The fourth-order valence-electron chi connectivity index (χ4n) is 2.39. The van der Waals surface area contributed by atoms with Crippen LogP contribution in [0.25, 0.3) is 0 Å². The van der Waals surface area contributed by atoms with Gasteiger partial charge >= 0.3 is 0 Å². The second kappa shape index (κ2) is 9.94. The molecule has 2 rings (SSSR count). The van der Waals surface area contributed by atoms with Crippen LogP contribution in [0.1, 0.15) is 16.7 Å². The highest BCUT2D eigenvalue weighted by Gasteiger charge is 2.10. The SMILES string of the molecule is CN=C(NCCS(=O)(=O)NCc1ccccc1)NCc1cccc(C)c1. The van der Waals surface area contributed by atoms with Gasteiger partial charge in [0.15, 0.2) is 5.96 Å². The van der Waals surface area contributed by atoms with Gasteiger partial charge in [0.05, 0.1) is 5.75 Å². The first kappa shape index (κ1) is 19.9. The molecule has 0 aromatic heterocycles. The maximum atomic E-state index is 12.1. The van der Waals surface area contributed by atoms with Gasteiger partial charge in [0.2, 0.25) is 10.0 Å². The number of guanidine groups is 1. The van der Waals surface area contributed by atoms with Gasteiger partial charge in [-0.05, 0) is 18.1 Å². The number of nitrogens with zero attached hydrogens (tertiary/aromatic N) is 1. The lowest BCUT2D eigenvalue weighted by Crippen LogP contribution is -2.40. The molecule has 0 fully saturated rings. The van der Waals surface area contributed by atoms with E-state index in [4.69, 9.17) is 0 Å². The van der Waals surface area contributed by atoms with E-state index in [0.29, 0.717) is 19.0 Å². The Morgan fingerprint density at radius 3 is 2.38 bits per heavy atom. The summed E-state index contributed by atoms with van der Waals surface area (Å²) in [5.41, 5.74) is 3.27. The molecule has 0 aliphatic rings. The second-order valence-corrected chi connectivity index (χ2v) is 7.89. The summed E-state index contributed by atoms with van der Waals surface area (Å²) in [7, 11) is -1.69. The van der Waals surface area contributed by atoms with Crippen LogP contribution >= 0.6 is 0 Å². The molecule has 6 nitrogen and oxygen atoms in total. The molecule has 0 heterocycles. The number of hydrogen-bond acceptors (Lipinski definition) is 3. The Balaban J connectivity index is 1.73.